The monoisotopic (exact) mass is 362 g/mol. The minimum Gasteiger partial charge on any atom is -0.389 e. The number of aliphatic hydroxyl groups excluding tert-OH is 1. The molecule has 0 spiro atoms. The van der Waals surface area contributed by atoms with E-state index in [2.05, 4.69) is 10.2 Å². The van der Waals surface area contributed by atoms with E-state index in [4.69, 9.17) is 9.47 Å². The van der Waals surface area contributed by atoms with Crippen LogP contribution in [0.4, 0.5) is 0 Å². The fourth-order valence-electron chi connectivity index (χ4n) is 3.93. The van der Waals surface area contributed by atoms with E-state index in [-0.39, 0.29) is 30.2 Å². The molecule has 1 aromatic carbocycles. The molecule has 26 heavy (non-hydrogen) atoms. The van der Waals surface area contributed by atoms with Crippen LogP contribution in [0.25, 0.3) is 0 Å². The number of carbonyl (C=O) groups excluding carboxylic acids is 1. The highest BCUT2D eigenvalue weighted by atomic mass is 16.5. The zero-order valence-corrected chi connectivity index (χ0v) is 15.6. The topological polar surface area (TPSA) is 71.0 Å². The quantitative estimate of drug-likeness (QED) is 0.849. The minimum atomic E-state index is -0.455. The van der Waals surface area contributed by atoms with Gasteiger partial charge in [-0.1, -0.05) is 30.3 Å². The summed E-state index contributed by atoms with van der Waals surface area (Å²) in [7, 11) is 2.02. The molecule has 2 fully saturated rings. The standard InChI is InChI=1S/C20H30N2O4/c1-14(15-6-4-3-5-7-15)21-20(24)10-17-8-9-18-19(26-17)13-25-12-16(23)11-22(18)2/h3-7,14,16-19,23H,8-13H2,1-2H3,(H,21,24)/t14-,16+,17-,18+,19-/m1/s1. The van der Waals surface area contributed by atoms with Crippen LogP contribution in [0.3, 0.4) is 0 Å². The lowest BCUT2D eigenvalue weighted by molar-refractivity contribution is -0.153. The van der Waals surface area contributed by atoms with Gasteiger partial charge in [0.15, 0.2) is 0 Å². The number of hydrogen-bond donors (Lipinski definition) is 2. The van der Waals surface area contributed by atoms with Crippen LogP contribution in [0, 0.1) is 0 Å². The van der Waals surface area contributed by atoms with Crippen molar-refractivity contribution in [2.75, 3.05) is 26.8 Å². The predicted octanol–water partition coefficient (Wildman–Crippen LogP) is 1.49. The number of amides is 1. The lowest BCUT2D eigenvalue weighted by Crippen LogP contribution is -2.54. The van der Waals surface area contributed by atoms with Crippen molar-refractivity contribution in [1.82, 2.24) is 10.2 Å². The zero-order chi connectivity index (χ0) is 18.5. The van der Waals surface area contributed by atoms with Crippen molar-refractivity contribution in [1.29, 1.82) is 0 Å². The predicted molar refractivity (Wildman–Crippen MR) is 98.8 cm³/mol. The van der Waals surface area contributed by atoms with E-state index in [0.717, 1.165) is 18.4 Å². The van der Waals surface area contributed by atoms with Crippen molar-refractivity contribution in [2.24, 2.45) is 0 Å². The average molecular weight is 362 g/mol. The van der Waals surface area contributed by atoms with Gasteiger partial charge in [-0.3, -0.25) is 9.69 Å². The van der Waals surface area contributed by atoms with Gasteiger partial charge >= 0.3 is 0 Å². The molecule has 2 saturated heterocycles. The molecule has 6 heteroatoms. The summed E-state index contributed by atoms with van der Waals surface area (Å²) in [6.07, 6.45) is 1.57. The Kier molecular flexibility index (Phi) is 6.64. The molecule has 2 aliphatic rings. The molecule has 1 aromatic rings. The lowest BCUT2D eigenvalue weighted by atomic mass is 9.95. The molecule has 0 saturated carbocycles. The van der Waals surface area contributed by atoms with Gasteiger partial charge in [0.2, 0.25) is 5.91 Å². The number of hydrogen-bond acceptors (Lipinski definition) is 5. The number of benzene rings is 1. The molecule has 0 aromatic heterocycles. The Morgan fingerprint density at radius 1 is 1.31 bits per heavy atom. The maximum atomic E-state index is 12.4. The summed E-state index contributed by atoms with van der Waals surface area (Å²) >= 11 is 0. The van der Waals surface area contributed by atoms with Crippen molar-refractivity contribution < 1.29 is 19.4 Å². The number of nitrogens with zero attached hydrogens (tertiary/aromatic N) is 1. The molecule has 0 unspecified atom stereocenters. The highest BCUT2D eigenvalue weighted by Gasteiger charge is 2.36. The molecule has 2 N–H and O–H groups in total. The number of fused-ring (bicyclic) bond motifs is 1. The van der Waals surface area contributed by atoms with Crippen LogP contribution in [0.5, 0.6) is 0 Å². The number of carbonyl (C=O) groups is 1. The first-order valence-corrected chi connectivity index (χ1v) is 9.48. The first-order valence-electron chi connectivity index (χ1n) is 9.48. The Morgan fingerprint density at radius 3 is 2.85 bits per heavy atom. The fraction of sp³-hybridized carbons (Fsp3) is 0.650. The van der Waals surface area contributed by atoms with Crippen molar-refractivity contribution >= 4 is 5.91 Å². The summed E-state index contributed by atoms with van der Waals surface area (Å²) in [4.78, 5) is 14.6. The van der Waals surface area contributed by atoms with Gasteiger partial charge in [-0.05, 0) is 32.4 Å². The van der Waals surface area contributed by atoms with E-state index in [1.54, 1.807) is 0 Å². The Balaban J connectivity index is 1.51. The van der Waals surface area contributed by atoms with E-state index in [0.29, 0.717) is 26.2 Å². The van der Waals surface area contributed by atoms with Crippen LogP contribution in [-0.2, 0) is 14.3 Å². The maximum Gasteiger partial charge on any atom is 0.223 e. The largest absolute Gasteiger partial charge is 0.389 e. The number of ether oxygens (including phenoxy) is 2. The minimum absolute atomic E-state index is 0.0142. The second-order valence-corrected chi connectivity index (χ2v) is 7.48. The maximum absolute atomic E-state index is 12.4. The molecule has 3 rings (SSSR count). The van der Waals surface area contributed by atoms with Gasteiger partial charge in [0, 0.05) is 12.6 Å². The van der Waals surface area contributed by atoms with Gasteiger partial charge < -0.3 is 19.9 Å². The summed E-state index contributed by atoms with van der Waals surface area (Å²) < 4.78 is 11.8. The zero-order valence-electron chi connectivity index (χ0n) is 15.6. The Labute approximate surface area is 155 Å². The number of likely N-dealkylation sites (N-methyl/N-ethyl adjacent to an activating group) is 1. The molecule has 0 radical (unpaired) electrons. The molecule has 0 aliphatic carbocycles. The number of nitrogens with one attached hydrogen (secondary N) is 1. The molecule has 2 heterocycles. The molecule has 1 amide bonds. The van der Waals surface area contributed by atoms with E-state index in [9.17, 15) is 9.90 Å². The van der Waals surface area contributed by atoms with Crippen LogP contribution >= 0.6 is 0 Å². The van der Waals surface area contributed by atoms with E-state index in [1.807, 2.05) is 44.3 Å². The van der Waals surface area contributed by atoms with Crippen molar-refractivity contribution in [3.8, 4) is 0 Å². The van der Waals surface area contributed by atoms with Gasteiger partial charge in [-0.2, -0.15) is 0 Å². The average Bonchev–Trinajstić information content (AvgIpc) is 2.61. The van der Waals surface area contributed by atoms with Crippen LogP contribution in [0.1, 0.15) is 37.8 Å². The first kappa shape index (κ1) is 19.3. The molecule has 144 valence electrons. The van der Waals surface area contributed by atoms with Gasteiger partial charge in [0.1, 0.15) is 0 Å². The second-order valence-electron chi connectivity index (χ2n) is 7.48. The highest BCUT2D eigenvalue weighted by molar-refractivity contribution is 5.76. The van der Waals surface area contributed by atoms with E-state index in [1.165, 1.54) is 0 Å². The molecule has 0 bridgehead atoms. The molecular weight excluding hydrogens is 332 g/mol. The summed E-state index contributed by atoms with van der Waals surface area (Å²) in [5, 5.41) is 12.9. The third-order valence-corrected chi connectivity index (χ3v) is 5.33. The number of aliphatic hydroxyl groups is 1. The van der Waals surface area contributed by atoms with Crippen LogP contribution < -0.4 is 5.32 Å². The Hall–Kier alpha value is -1.47. The van der Waals surface area contributed by atoms with Crippen LogP contribution in [0.15, 0.2) is 30.3 Å². The second kappa shape index (κ2) is 8.95. The van der Waals surface area contributed by atoms with E-state index >= 15 is 0 Å². The first-order chi connectivity index (χ1) is 12.5. The third-order valence-electron chi connectivity index (χ3n) is 5.33. The lowest BCUT2D eigenvalue weighted by Gasteiger charge is -2.43. The van der Waals surface area contributed by atoms with Crippen LogP contribution in [0.2, 0.25) is 0 Å². The molecule has 2 aliphatic heterocycles. The van der Waals surface area contributed by atoms with Crippen molar-refractivity contribution in [3.05, 3.63) is 35.9 Å². The number of β-amino-alcohol motifs (C(OH)–C–C–N with tert-alkyl or cyclic N) is 1. The van der Waals surface area contributed by atoms with Crippen molar-refractivity contribution in [3.63, 3.8) is 0 Å². The van der Waals surface area contributed by atoms with Gasteiger partial charge in [0.05, 0.1) is 44.0 Å². The fourth-order valence-corrected chi connectivity index (χ4v) is 3.93. The highest BCUT2D eigenvalue weighted by Crippen LogP contribution is 2.27. The molecule has 5 atom stereocenters. The van der Waals surface area contributed by atoms with Crippen LogP contribution in [-0.4, -0.2) is 67.1 Å². The smallest absolute Gasteiger partial charge is 0.223 e. The Bertz CT molecular complexity index is 582. The van der Waals surface area contributed by atoms with E-state index < -0.39 is 6.10 Å². The number of rotatable bonds is 4. The third kappa shape index (κ3) is 5.04. The summed E-state index contributed by atoms with van der Waals surface area (Å²) in [6, 6.07) is 10.2. The van der Waals surface area contributed by atoms with Gasteiger partial charge in [-0.15, -0.1) is 0 Å². The van der Waals surface area contributed by atoms with Crippen molar-refractivity contribution in [2.45, 2.75) is 56.6 Å². The Morgan fingerprint density at radius 2 is 2.08 bits per heavy atom. The summed E-state index contributed by atoms with van der Waals surface area (Å²) in [5.41, 5.74) is 1.10. The summed E-state index contributed by atoms with van der Waals surface area (Å²) in [6.45, 7) is 3.37. The molecule has 6 nitrogen and oxygen atoms in total. The van der Waals surface area contributed by atoms with Gasteiger partial charge in [0.25, 0.3) is 0 Å². The van der Waals surface area contributed by atoms with Gasteiger partial charge in [-0.25, -0.2) is 0 Å². The molecular formula is C20H30N2O4. The normalized spacial score (nSPS) is 31.3. The summed E-state index contributed by atoms with van der Waals surface area (Å²) in [5.74, 6) is 0.0142. The SMILES string of the molecule is C[C@@H](NC(=O)C[C@H]1CC[C@H]2[C@@H](COC[C@@H](O)CN2C)O1)c1ccccc1.